The van der Waals surface area contributed by atoms with Gasteiger partial charge in [-0.25, -0.2) is 0 Å². The van der Waals surface area contributed by atoms with Crippen LogP contribution in [0.2, 0.25) is 0 Å². The molecule has 140 valence electrons. The van der Waals surface area contributed by atoms with Crippen molar-refractivity contribution >= 4 is 5.91 Å². The van der Waals surface area contributed by atoms with Crippen molar-refractivity contribution in [3.05, 3.63) is 60.1 Å². The van der Waals surface area contributed by atoms with Crippen LogP contribution < -0.4 is 0 Å². The van der Waals surface area contributed by atoms with Crippen molar-refractivity contribution < 1.29 is 13.9 Å². The van der Waals surface area contributed by atoms with Gasteiger partial charge in [-0.2, -0.15) is 0 Å². The summed E-state index contributed by atoms with van der Waals surface area (Å²) in [7, 11) is 3.53. The molecule has 5 nitrogen and oxygen atoms in total. The lowest BCUT2D eigenvalue weighted by Gasteiger charge is -2.38. The predicted molar refractivity (Wildman–Crippen MR) is 101 cm³/mol. The Kier molecular flexibility index (Phi) is 6.47. The summed E-state index contributed by atoms with van der Waals surface area (Å²) in [6, 6.07) is 12.5. The molecule has 0 unspecified atom stereocenters. The second kappa shape index (κ2) is 9.01. The Hall–Kier alpha value is -2.11. The zero-order valence-electron chi connectivity index (χ0n) is 15.6. The molecular formula is C21H28N2O3. The van der Waals surface area contributed by atoms with Gasteiger partial charge in [-0.3, -0.25) is 9.69 Å². The van der Waals surface area contributed by atoms with E-state index in [0.29, 0.717) is 5.92 Å². The van der Waals surface area contributed by atoms with Crippen molar-refractivity contribution in [2.45, 2.75) is 25.5 Å². The molecule has 0 aliphatic carbocycles. The van der Waals surface area contributed by atoms with E-state index in [0.717, 1.165) is 32.5 Å². The molecule has 1 fully saturated rings. The van der Waals surface area contributed by atoms with Gasteiger partial charge in [-0.05, 0) is 24.5 Å². The van der Waals surface area contributed by atoms with Gasteiger partial charge in [0.15, 0.2) is 0 Å². The van der Waals surface area contributed by atoms with Crippen molar-refractivity contribution in [2.75, 3.05) is 33.8 Å². The summed E-state index contributed by atoms with van der Waals surface area (Å²) < 4.78 is 11.2. The molecule has 2 heterocycles. The smallest absolute Gasteiger partial charge is 0.248 e. The fourth-order valence-electron chi connectivity index (χ4n) is 3.51. The van der Waals surface area contributed by atoms with Gasteiger partial charge in [0.05, 0.1) is 18.6 Å². The fourth-order valence-corrected chi connectivity index (χ4v) is 3.51. The van der Waals surface area contributed by atoms with Crippen molar-refractivity contribution in [1.82, 2.24) is 9.80 Å². The summed E-state index contributed by atoms with van der Waals surface area (Å²) in [5.74, 6) is 0.386. The van der Waals surface area contributed by atoms with Crippen molar-refractivity contribution in [3.63, 3.8) is 0 Å². The predicted octanol–water partition coefficient (Wildman–Crippen LogP) is 2.82. The number of likely N-dealkylation sites (tertiary alicyclic amines) is 1. The van der Waals surface area contributed by atoms with Crippen LogP contribution in [0.15, 0.2) is 53.3 Å². The molecule has 0 radical (unpaired) electrons. The van der Waals surface area contributed by atoms with Crippen molar-refractivity contribution in [1.29, 1.82) is 0 Å². The van der Waals surface area contributed by atoms with E-state index in [4.69, 9.17) is 9.15 Å². The third-order valence-corrected chi connectivity index (χ3v) is 5.00. The molecule has 1 aromatic carbocycles. The van der Waals surface area contributed by atoms with Crippen LogP contribution in [0, 0.1) is 5.92 Å². The number of piperidine rings is 1. The molecule has 0 saturated carbocycles. The average molecular weight is 356 g/mol. The zero-order valence-corrected chi connectivity index (χ0v) is 15.6. The molecule has 0 spiro atoms. The van der Waals surface area contributed by atoms with Gasteiger partial charge in [0.25, 0.3) is 0 Å². The lowest BCUT2D eigenvalue weighted by atomic mass is 9.88. The first kappa shape index (κ1) is 18.7. The first-order chi connectivity index (χ1) is 12.6. The van der Waals surface area contributed by atoms with Crippen molar-refractivity contribution in [2.24, 2.45) is 5.92 Å². The SMILES string of the molecule is CN(C)C(=O)CO[C@@H]1CCN(Cc2ccoc2)C[C@H]1Cc1ccccc1. The van der Waals surface area contributed by atoms with Gasteiger partial charge in [0.2, 0.25) is 5.91 Å². The van der Waals surface area contributed by atoms with E-state index >= 15 is 0 Å². The zero-order chi connectivity index (χ0) is 18.4. The maximum absolute atomic E-state index is 11.9. The normalized spacial score (nSPS) is 20.8. The molecule has 5 heteroatoms. The van der Waals surface area contributed by atoms with Gasteiger partial charge in [0, 0.05) is 45.2 Å². The summed E-state index contributed by atoms with van der Waals surface area (Å²) >= 11 is 0. The second-order valence-corrected chi connectivity index (χ2v) is 7.24. The lowest BCUT2D eigenvalue weighted by molar-refractivity contribution is -0.138. The van der Waals surface area contributed by atoms with Gasteiger partial charge >= 0.3 is 0 Å². The lowest BCUT2D eigenvalue weighted by Crippen LogP contribution is -2.45. The standard InChI is InChI=1S/C21H28N2O3/c1-22(2)21(24)16-26-20-8-10-23(13-18-9-11-25-15-18)14-19(20)12-17-6-4-3-5-7-17/h3-7,9,11,15,19-20H,8,10,12-14,16H2,1-2H3/t19-,20-/m1/s1. The highest BCUT2D eigenvalue weighted by Gasteiger charge is 2.30. The molecule has 1 saturated heterocycles. The molecule has 1 aromatic heterocycles. The molecule has 1 amide bonds. The number of rotatable bonds is 7. The molecular weight excluding hydrogens is 328 g/mol. The summed E-state index contributed by atoms with van der Waals surface area (Å²) in [4.78, 5) is 15.9. The minimum Gasteiger partial charge on any atom is -0.472 e. The Balaban J connectivity index is 1.64. The number of furan rings is 1. The molecule has 1 aliphatic rings. The molecule has 0 bridgehead atoms. The number of nitrogens with zero attached hydrogens (tertiary/aromatic N) is 2. The van der Waals surface area contributed by atoms with Gasteiger partial charge < -0.3 is 14.1 Å². The third-order valence-electron chi connectivity index (χ3n) is 5.00. The first-order valence-corrected chi connectivity index (χ1v) is 9.21. The van der Waals surface area contributed by atoms with E-state index in [1.54, 1.807) is 25.3 Å². The highest BCUT2D eigenvalue weighted by atomic mass is 16.5. The van der Waals surface area contributed by atoms with E-state index in [-0.39, 0.29) is 18.6 Å². The van der Waals surface area contributed by atoms with Gasteiger partial charge in [-0.15, -0.1) is 0 Å². The Morgan fingerprint density at radius 3 is 2.73 bits per heavy atom. The third kappa shape index (κ3) is 5.19. The summed E-state index contributed by atoms with van der Waals surface area (Å²) in [5, 5.41) is 0. The number of benzene rings is 1. The van der Waals surface area contributed by atoms with Crippen LogP contribution in [-0.2, 0) is 22.5 Å². The molecule has 2 aromatic rings. The number of carbonyl (C=O) groups is 1. The number of hydrogen-bond acceptors (Lipinski definition) is 4. The van der Waals surface area contributed by atoms with Crippen LogP contribution in [-0.4, -0.2) is 55.6 Å². The maximum atomic E-state index is 11.9. The monoisotopic (exact) mass is 356 g/mol. The van der Waals surface area contributed by atoms with Crippen LogP contribution >= 0.6 is 0 Å². The maximum Gasteiger partial charge on any atom is 0.248 e. The molecule has 26 heavy (non-hydrogen) atoms. The Morgan fingerprint density at radius 1 is 1.23 bits per heavy atom. The van der Waals surface area contributed by atoms with Gasteiger partial charge in [0.1, 0.15) is 6.61 Å². The highest BCUT2D eigenvalue weighted by Crippen LogP contribution is 2.25. The Labute approximate surface area is 155 Å². The minimum absolute atomic E-state index is 0.0179. The van der Waals surface area contributed by atoms with E-state index in [1.807, 2.05) is 18.4 Å². The van der Waals surface area contributed by atoms with Crippen LogP contribution in [0.3, 0.4) is 0 Å². The average Bonchev–Trinajstić information content (AvgIpc) is 3.14. The summed E-state index contributed by atoms with van der Waals surface area (Å²) in [5.41, 5.74) is 2.51. The van der Waals surface area contributed by atoms with Crippen LogP contribution in [0.25, 0.3) is 0 Å². The number of hydrogen-bond donors (Lipinski definition) is 0. The molecule has 3 rings (SSSR count). The second-order valence-electron chi connectivity index (χ2n) is 7.24. The van der Waals surface area contributed by atoms with E-state index in [1.165, 1.54) is 11.1 Å². The largest absolute Gasteiger partial charge is 0.472 e. The molecule has 2 atom stereocenters. The van der Waals surface area contributed by atoms with Gasteiger partial charge in [-0.1, -0.05) is 30.3 Å². The van der Waals surface area contributed by atoms with Crippen LogP contribution in [0.1, 0.15) is 17.5 Å². The number of likely N-dealkylation sites (N-methyl/N-ethyl adjacent to an activating group) is 1. The topological polar surface area (TPSA) is 45.9 Å². The van der Waals surface area contributed by atoms with E-state index in [2.05, 4.69) is 29.2 Å². The first-order valence-electron chi connectivity index (χ1n) is 9.21. The molecule has 1 aliphatic heterocycles. The Morgan fingerprint density at radius 2 is 2.04 bits per heavy atom. The number of amides is 1. The Bertz CT molecular complexity index is 670. The van der Waals surface area contributed by atoms with Crippen molar-refractivity contribution in [3.8, 4) is 0 Å². The highest BCUT2D eigenvalue weighted by molar-refractivity contribution is 5.76. The summed E-state index contributed by atoms with van der Waals surface area (Å²) in [6.07, 6.45) is 5.55. The fraction of sp³-hybridized carbons (Fsp3) is 0.476. The number of carbonyl (C=O) groups excluding carboxylic acids is 1. The number of ether oxygens (including phenoxy) is 1. The quantitative estimate of drug-likeness (QED) is 0.765. The molecule has 0 N–H and O–H groups in total. The van der Waals surface area contributed by atoms with Crippen LogP contribution in [0.4, 0.5) is 0 Å². The van der Waals surface area contributed by atoms with E-state index < -0.39 is 0 Å². The minimum atomic E-state index is 0.0179. The summed E-state index contributed by atoms with van der Waals surface area (Å²) in [6.45, 7) is 2.98. The van der Waals surface area contributed by atoms with E-state index in [9.17, 15) is 4.79 Å². The van der Waals surface area contributed by atoms with Crippen LogP contribution in [0.5, 0.6) is 0 Å².